The second-order valence-electron chi connectivity index (χ2n) is 1.61. The van der Waals surface area contributed by atoms with Gasteiger partial charge < -0.3 is 9.52 Å². The molecule has 1 heterocycles. The monoisotopic (exact) mass is 125 g/mol. The van der Waals surface area contributed by atoms with Gasteiger partial charge in [-0.3, -0.25) is 0 Å². The molecule has 1 radical (unpaired) electrons. The first-order valence-electron chi connectivity index (χ1n) is 2.34. The summed E-state index contributed by atoms with van der Waals surface area (Å²) in [5.41, 5.74) is 0.139. The van der Waals surface area contributed by atoms with E-state index in [0.29, 0.717) is 5.76 Å². The molecule has 3 heteroatoms. The summed E-state index contributed by atoms with van der Waals surface area (Å²) in [6, 6.07) is 1.36. The quantitative estimate of drug-likeness (QED) is 0.612. The highest BCUT2D eigenvalue weighted by Gasteiger charge is 2.03. The Bertz CT molecular complexity index is 224. The lowest BCUT2D eigenvalue weighted by atomic mass is 10.3. The predicted octanol–water partition coefficient (Wildman–Crippen LogP) is 1.16. The molecule has 0 saturated carbocycles. The molecule has 0 amide bonds. The van der Waals surface area contributed by atoms with Crippen LogP contribution in [0.1, 0.15) is 16.1 Å². The van der Waals surface area contributed by atoms with Gasteiger partial charge in [0.2, 0.25) is 0 Å². The van der Waals surface area contributed by atoms with Crippen molar-refractivity contribution in [1.82, 2.24) is 0 Å². The summed E-state index contributed by atoms with van der Waals surface area (Å²) in [4.78, 5) is 10.1. The molecule has 9 heavy (non-hydrogen) atoms. The van der Waals surface area contributed by atoms with Crippen molar-refractivity contribution < 1.29 is 14.3 Å². The van der Waals surface area contributed by atoms with E-state index in [9.17, 15) is 4.79 Å². The smallest absolute Gasteiger partial charge is 0.338 e. The Kier molecular flexibility index (Phi) is 1.26. The minimum absolute atomic E-state index is 0.139. The van der Waals surface area contributed by atoms with Crippen molar-refractivity contribution >= 4 is 5.97 Å². The van der Waals surface area contributed by atoms with Crippen LogP contribution in [0, 0.1) is 6.92 Å². The van der Waals surface area contributed by atoms with Gasteiger partial charge in [-0.05, 0) is 6.07 Å². The Morgan fingerprint density at radius 2 is 2.44 bits per heavy atom. The third kappa shape index (κ3) is 1.10. The van der Waals surface area contributed by atoms with Crippen LogP contribution in [0.25, 0.3) is 0 Å². The molecule has 0 fully saturated rings. The molecule has 1 rings (SSSR count). The number of carboxylic acids is 1. The van der Waals surface area contributed by atoms with Gasteiger partial charge in [0.15, 0.2) is 0 Å². The first kappa shape index (κ1) is 5.88. The summed E-state index contributed by atoms with van der Waals surface area (Å²) >= 11 is 0. The van der Waals surface area contributed by atoms with Crippen LogP contribution in [0.15, 0.2) is 16.7 Å². The van der Waals surface area contributed by atoms with E-state index in [1.807, 2.05) is 0 Å². The molecule has 1 N–H and O–H groups in total. The zero-order valence-electron chi connectivity index (χ0n) is 4.63. The maximum absolute atomic E-state index is 10.1. The van der Waals surface area contributed by atoms with E-state index in [1.165, 1.54) is 6.07 Å². The molecule has 0 atom stereocenters. The molecule has 0 aliphatic heterocycles. The zero-order valence-corrected chi connectivity index (χ0v) is 4.63. The lowest BCUT2D eigenvalue weighted by molar-refractivity contribution is 0.0696. The van der Waals surface area contributed by atoms with E-state index in [4.69, 9.17) is 5.11 Å². The molecule has 1 aromatic rings. The molecule has 0 spiro atoms. The minimum atomic E-state index is -0.992. The minimum Gasteiger partial charge on any atom is -0.478 e. The highest BCUT2D eigenvalue weighted by Crippen LogP contribution is 2.04. The van der Waals surface area contributed by atoms with Crippen LogP contribution in [-0.4, -0.2) is 11.1 Å². The van der Waals surface area contributed by atoms with E-state index in [2.05, 4.69) is 11.3 Å². The van der Waals surface area contributed by atoms with Crippen molar-refractivity contribution in [2.45, 2.75) is 0 Å². The number of hydrogen-bond donors (Lipinski definition) is 1. The Balaban J connectivity index is 2.98. The van der Waals surface area contributed by atoms with Gasteiger partial charge in [-0.2, -0.15) is 0 Å². The molecule has 47 valence electrons. The van der Waals surface area contributed by atoms with Gasteiger partial charge in [-0.25, -0.2) is 4.79 Å². The van der Waals surface area contributed by atoms with Crippen LogP contribution in [0.3, 0.4) is 0 Å². The van der Waals surface area contributed by atoms with E-state index < -0.39 is 5.97 Å². The molecule has 0 unspecified atom stereocenters. The molecule has 0 saturated heterocycles. The summed E-state index contributed by atoms with van der Waals surface area (Å²) in [7, 11) is 0. The number of furan rings is 1. The predicted molar refractivity (Wildman–Crippen MR) is 30.1 cm³/mol. The fourth-order valence-electron chi connectivity index (χ4n) is 0.493. The van der Waals surface area contributed by atoms with Crippen LogP contribution in [-0.2, 0) is 0 Å². The van der Waals surface area contributed by atoms with Crippen molar-refractivity contribution in [2.75, 3.05) is 0 Å². The molecule has 1 aromatic heterocycles. The fourth-order valence-corrected chi connectivity index (χ4v) is 0.493. The SMILES string of the molecule is [CH2]c1cc(C(=O)O)co1. The van der Waals surface area contributed by atoms with E-state index in [1.54, 1.807) is 0 Å². The van der Waals surface area contributed by atoms with Gasteiger partial charge >= 0.3 is 5.97 Å². The Labute approximate surface area is 51.9 Å². The first-order chi connectivity index (χ1) is 4.20. The van der Waals surface area contributed by atoms with Crippen LogP contribution >= 0.6 is 0 Å². The molecule has 0 aliphatic carbocycles. The van der Waals surface area contributed by atoms with Gasteiger partial charge in [0.1, 0.15) is 12.0 Å². The number of carbonyl (C=O) groups is 1. The van der Waals surface area contributed by atoms with Gasteiger partial charge in [0, 0.05) is 6.92 Å². The lowest BCUT2D eigenvalue weighted by Gasteiger charge is -1.77. The van der Waals surface area contributed by atoms with Crippen LogP contribution in [0.2, 0.25) is 0 Å². The Morgan fingerprint density at radius 1 is 1.78 bits per heavy atom. The second-order valence-corrected chi connectivity index (χ2v) is 1.61. The van der Waals surface area contributed by atoms with Crippen LogP contribution in [0.5, 0.6) is 0 Å². The normalized spacial score (nSPS) is 9.44. The number of rotatable bonds is 1. The van der Waals surface area contributed by atoms with Crippen molar-refractivity contribution in [3.63, 3.8) is 0 Å². The highest BCUT2D eigenvalue weighted by atomic mass is 16.4. The third-order valence-corrected chi connectivity index (χ3v) is 0.901. The maximum atomic E-state index is 10.1. The summed E-state index contributed by atoms with van der Waals surface area (Å²) < 4.78 is 4.63. The third-order valence-electron chi connectivity index (χ3n) is 0.901. The van der Waals surface area contributed by atoms with Crippen LogP contribution in [0.4, 0.5) is 0 Å². The van der Waals surface area contributed by atoms with Crippen LogP contribution < -0.4 is 0 Å². The molecule has 0 aromatic carbocycles. The van der Waals surface area contributed by atoms with E-state index in [0.717, 1.165) is 6.26 Å². The van der Waals surface area contributed by atoms with Gasteiger partial charge in [0.05, 0.1) is 5.56 Å². The molecular weight excluding hydrogens is 120 g/mol. The van der Waals surface area contributed by atoms with Gasteiger partial charge in [-0.1, -0.05) is 0 Å². The summed E-state index contributed by atoms with van der Waals surface area (Å²) in [5, 5.41) is 8.31. The zero-order chi connectivity index (χ0) is 6.85. The molecular formula is C6H5O3. The fraction of sp³-hybridized carbons (Fsp3) is 0. The number of hydrogen-bond acceptors (Lipinski definition) is 2. The summed E-state index contributed by atoms with van der Waals surface area (Å²) in [5.74, 6) is -0.624. The summed E-state index contributed by atoms with van der Waals surface area (Å²) in [6.07, 6.45) is 1.16. The highest BCUT2D eigenvalue weighted by molar-refractivity contribution is 5.87. The topological polar surface area (TPSA) is 50.4 Å². The largest absolute Gasteiger partial charge is 0.478 e. The van der Waals surface area contributed by atoms with E-state index >= 15 is 0 Å². The van der Waals surface area contributed by atoms with Gasteiger partial charge in [-0.15, -0.1) is 0 Å². The summed E-state index contributed by atoms with van der Waals surface area (Å²) in [6.45, 7) is 3.39. The number of carboxylic acid groups (broad SMARTS) is 1. The lowest BCUT2D eigenvalue weighted by Crippen LogP contribution is -1.91. The van der Waals surface area contributed by atoms with Crippen molar-refractivity contribution in [3.8, 4) is 0 Å². The van der Waals surface area contributed by atoms with Gasteiger partial charge in [0.25, 0.3) is 0 Å². The van der Waals surface area contributed by atoms with E-state index in [-0.39, 0.29) is 5.56 Å². The van der Waals surface area contributed by atoms with Crippen molar-refractivity contribution in [2.24, 2.45) is 0 Å². The molecule has 0 aliphatic rings. The maximum Gasteiger partial charge on any atom is 0.338 e. The molecule has 3 nitrogen and oxygen atoms in total. The van der Waals surface area contributed by atoms with Crippen molar-refractivity contribution in [1.29, 1.82) is 0 Å². The van der Waals surface area contributed by atoms with Crippen molar-refractivity contribution in [3.05, 3.63) is 30.6 Å². The Hall–Kier alpha value is -1.25. The second kappa shape index (κ2) is 1.93. The standard InChI is InChI=1S/C6H5O3/c1-4-2-5(3-9-4)6(7)8/h2-3H,1H2,(H,7,8). The average Bonchev–Trinajstić information content (AvgIpc) is 2.14. The number of aromatic carboxylic acids is 1. The molecule has 0 bridgehead atoms. The average molecular weight is 125 g/mol. The Morgan fingerprint density at radius 3 is 2.67 bits per heavy atom. The first-order valence-corrected chi connectivity index (χ1v) is 2.34.